The first-order valence-corrected chi connectivity index (χ1v) is 6.60. The maximum absolute atomic E-state index is 14.1. The lowest BCUT2D eigenvalue weighted by atomic mass is 10.1. The summed E-state index contributed by atoms with van der Waals surface area (Å²) in [6.07, 6.45) is -1.84. The van der Waals surface area contributed by atoms with Crippen LogP contribution in [0.25, 0.3) is 0 Å². The van der Waals surface area contributed by atoms with E-state index in [2.05, 4.69) is 17.2 Å². The summed E-state index contributed by atoms with van der Waals surface area (Å²) >= 11 is 0. The highest BCUT2D eigenvalue weighted by molar-refractivity contribution is 5.84. The third-order valence-corrected chi connectivity index (χ3v) is 2.60. The summed E-state index contributed by atoms with van der Waals surface area (Å²) in [6.45, 7) is 4.84. The Kier molecular flexibility index (Phi) is 6.41. The maximum atomic E-state index is 14.1. The van der Waals surface area contributed by atoms with Crippen molar-refractivity contribution in [3.63, 3.8) is 0 Å². The Hall–Kier alpha value is -2.35. The van der Waals surface area contributed by atoms with Crippen molar-refractivity contribution in [3.8, 4) is 11.8 Å². The van der Waals surface area contributed by atoms with Crippen molar-refractivity contribution >= 4 is 11.9 Å². The van der Waals surface area contributed by atoms with Crippen LogP contribution in [0.5, 0.6) is 0 Å². The SMILES string of the molecule is CCOC(=O)[C@@H](NC(C)=O)[C@@H](F)C#Cc1ccc(C)cc1. The van der Waals surface area contributed by atoms with Crippen molar-refractivity contribution in [1.82, 2.24) is 5.32 Å². The molecular weight excluding hydrogens is 273 g/mol. The van der Waals surface area contributed by atoms with Gasteiger partial charge < -0.3 is 10.1 Å². The van der Waals surface area contributed by atoms with Crippen LogP contribution >= 0.6 is 0 Å². The van der Waals surface area contributed by atoms with Crippen LogP contribution in [0.4, 0.5) is 4.39 Å². The molecule has 1 amide bonds. The largest absolute Gasteiger partial charge is 0.464 e. The molecule has 0 bridgehead atoms. The maximum Gasteiger partial charge on any atom is 0.332 e. The molecule has 0 aliphatic rings. The Labute approximate surface area is 123 Å². The predicted octanol–water partition coefficient (Wildman–Crippen LogP) is 1.75. The normalized spacial score (nSPS) is 12.6. The molecule has 0 saturated carbocycles. The second kappa shape index (κ2) is 8.05. The van der Waals surface area contributed by atoms with Crippen molar-refractivity contribution in [2.75, 3.05) is 6.61 Å². The van der Waals surface area contributed by atoms with Gasteiger partial charge in [0.2, 0.25) is 5.91 Å². The molecule has 0 heterocycles. The number of benzene rings is 1. The molecule has 112 valence electrons. The average molecular weight is 291 g/mol. The molecule has 0 aliphatic carbocycles. The topological polar surface area (TPSA) is 55.4 Å². The summed E-state index contributed by atoms with van der Waals surface area (Å²) in [7, 11) is 0. The zero-order valence-corrected chi connectivity index (χ0v) is 12.3. The average Bonchev–Trinajstić information content (AvgIpc) is 2.44. The van der Waals surface area contributed by atoms with E-state index >= 15 is 0 Å². The Bertz CT molecular complexity index is 557. The molecule has 0 saturated heterocycles. The van der Waals surface area contributed by atoms with E-state index in [1.807, 2.05) is 19.1 Å². The number of carbonyl (C=O) groups excluding carboxylic acids is 2. The number of esters is 1. The third-order valence-electron chi connectivity index (χ3n) is 2.60. The van der Waals surface area contributed by atoms with E-state index in [0.29, 0.717) is 5.56 Å². The smallest absolute Gasteiger partial charge is 0.332 e. The van der Waals surface area contributed by atoms with Gasteiger partial charge >= 0.3 is 5.97 Å². The van der Waals surface area contributed by atoms with E-state index < -0.39 is 24.1 Å². The molecule has 0 unspecified atom stereocenters. The first-order chi connectivity index (χ1) is 9.93. The Morgan fingerprint density at radius 1 is 1.33 bits per heavy atom. The number of rotatable bonds is 4. The fraction of sp³-hybridized carbons (Fsp3) is 0.375. The Balaban J connectivity index is 2.85. The van der Waals surface area contributed by atoms with Crippen molar-refractivity contribution in [1.29, 1.82) is 0 Å². The third kappa shape index (κ3) is 5.65. The van der Waals surface area contributed by atoms with Gasteiger partial charge in [0, 0.05) is 12.5 Å². The van der Waals surface area contributed by atoms with Gasteiger partial charge in [-0.25, -0.2) is 9.18 Å². The van der Waals surface area contributed by atoms with Gasteiger partial charge in [0.25, 0.3) is 0 Å². The number of alkyl halides is 1. The van der Waals surface area contributed by atoms with Gasteiger partial charge in [0.05, 0.1) is 6.61 Å². The van der Waals surface area contributed by atoms with Crippen LogP contribution in [-0.2, 0) is 14.3 Å². The molecular formula is C16H18FNO3. The number of carbonyl (C=O) groups is 2. The van der Waals surface area contributed by atoms with Crippen LogP contribution in [-0.4, -0.2) is 30.7 Å². The quantitative estimate of drug-likeness (QED) is 0.679. The fourth-order valence-corrected chi connectivity index (χ4v) is 1.58. The van der Waals surface area contributed by atoms with E-state index in [9.17, 15) is 14.0 Å². The number of halogens is 1. The summed E-state index contributed by atoms with van der Waals surface area (Å²) in [5, 5.41) is 2.22. The van der Waals surface area contributed by atoms with E-state index in [1.165, 1.54) is 6.92 Å². The van der Waals surface area contributed by atoms with Crippen molar-refractivity contribution in [2.24, 2.45) is 0 Å². The molecule has 2 atom stereocenters. The van der Waals surface area contributed by atoms with Gasteiger partial charge in [0.15, 0.2) is 12.2 Å². The van der Waals surface area contributed by atoms with Gasteiger partial charge in [-0.3, -0.25) is 4.79 Å². The highest BCUT2D eigenvalue weighted by atomic mass is 19.1. The molecule has 0 aliphatic heterocycles. The molecule has 1 aromatic carbocycles. The summed E-state index contributed by atoms with van der Waals surface area (Å²) in [5.41, 5.74) is 1.70. The lowest BCUT2D eigenvalue weighted by Gasteiger charge is -2.16. The van der Waals surface area contributed by atoms with Crippen LogP contribution in [0.2, 0.25) is 0 Å². The zero-order chi connectivity index (χ0) is 15.8. The highest BCUT2D eigenvalue weighted by Gasteiger charge is 2.29. The summed E-state index contributed by atoms with van der Waals surface area (Å²) < 4.78 is 18.8. The number of hydrogen-bond donors (Lipinski definition) is 1. The van der Waals surface area contributed by atoms with E-state index in [-0.39, 0.29) is 6.61 Å². The summed E-state index contributed by atoms with van der Waals surface area (Å²) in [4.78, 5) is 22.7. The van der Waals surface area contributed by atoms with E-state index in [4.69, 9.17) is 4.74 Å². The fourth-order valence-electron chi connectivity index (χ4n) is 1.58. The van der Waals surface area contributed by atoms with Gasteiger partial charge in [-0.2, -0.15) is 0 Å². The molecule has 1 rings (SSSR count). The second-order valence-electron chi connectivity index (χ2n) is 4.47. The molecule has 0 aromatic heterocycles. The van der Waals surface area contributed by atoms with Crippen molar-refractivity contribution < 1.29 is 18.7 Å². The Morgan fingerprint density at radius 2 is 1.95 bits per heavy atom. The standard InChI is InChI=1S/C16H18FNO3/c1-4-21-16(20)15(18-12(3)19)14(17)10-9-13-7-5-11(2)6-8-13/h5-8,14-15H,4H2,1-3H3,(H,18,19)/t14-,15-/m0/s1. The number of aryl methyl sites for hydroxylation is 1. The number of ether oxygens (including phenoxy) is 1. The summed E-state index contributed by atoms with van der Waals surface area (Å²) in [6, 6.07) is 5.81. The Morgan fingerprint density at radius 3 is 2.48 bits per heavy atom. The molecule has 5 heteroatoms. The number of hydrogen-bond acceptors (Lipinski definition) is 3. The van der Waals surface area contributed by atoms with Crippen LogP contribution in [0.15, 0.2) is 24.3 Å². The van der Waals surface area contributed by atoms with Crippen LogP contribution < -0.4 is 5.32 Å². The zero-order valence-electron chi connectivity index (χ0n) is 12.3. The van der Waals surface area contributed by atoms with Gasteiger partial charge in [-0.05, 0) is 26.0 Å². The van der Waals surface area contributed by atoms with Crippen LogP contribution in [0, 0.1) is 18.8 Å². The molecule has 1 aromatic rings. The van der Waals surface area contributed by atoms with Gasteiger partial charge in [0.1, 0.15) is 0 Å². The van der Waals surface area contributed by atoms with Crippen molar-refractivity contribution in [3.05, 3.63) is 35.4 Å². The minimum atomic E-state index is -1.84. The number of amides is 1. The molecule has 0 spiro atoms. The summed E-state index contributed by atoms with van der Waals surface area (Å²) in [5.74, 6) is 3.61. The van der Waals surface area contributed by atoms with E-state index in [0.717, 1.165) is 5.56 Å². The monoisotopic (exact) mass is 291 g/mol. The lowest BCUT2D eigenvalue weighted by molar-refractivity contribution is -0.148. The number of nitrogens with one attached hydrogen (secondary N) is 1. The minimum absolute atomic E-state index is 0.104. The van der Waals surface area contributed by atoms with Crippen LogP contribution in [0.1, 0.15) is 25.0 Å². The second-order valence-corrected chi connectivity index (χ2v) is 4.47. The molecule has 1 N–H and O–H groups in total. The predicted molar refractivity (Wildman–Crippen MR) is 77.2 cm³/mol. The lowest BCUT2D eigenvalue weighted by Crippen LogP contribution is -2.46. The molecule has 0 fully saturated rings. The first-order valence-electron chi connectivity index (χ1n) is 6.60. The van der Waals surface area contributed by atoms with E-state index in [1.54, 1.807) is 19.1 Å². The molecule has 21 heavy (non-hydrogen) atoms. The molecule has 4 nitrogen and oxygen atoms in total. The first kappa shape index (κ1) is 16.7. The van der Waals surface area contributed by atoms with Crippen molar-refractivity contribution in [2.45, 2.75) is 33.0 Å². The van der Waals surface area contributed by atoms with Gasteiger partial charge in [-0.15, -0.1) is 0 Å². The molecule has 0 radical (unpaired) electrons. The van der Waals surface area contributed by atoms with Gasteiger partial charge in [-0.1, -0.05) is 29.5 Å². The highest BCUT2D eigenvalue weighted by Crippen LogP contribution is 2.04. The minimum Gasteiger partial charge on any atom is -0.464 e. The van der Waals surface area contributed by atoms with Crippen LogP contribution in [0.3, 0.4) is 0 Å².